The first-order chi connectivity index (χ1) is 8.28. The molecule has 0 aromatic heterocycles. The summed E-state index contributed by atoms with van der Waals surface area (Å²) in [4.78, 5) is 0. The average molecular weight is 304 g/mol. The van der Waals surface area contributed by atoms with Gasteiger partial charge in [-0.05, 0) is 30.1 Å². The molecule has 2 atom stereocenters. The van der Waals surface area contributed by atoms with Crippen LogP contribution >= 0.6 is 22.9 Å². The highest BCUT2D eigenvalue weighted by Crippen LogP contribution is 2.53. The first kappa shape index (κ1) is 16.2. The van der Waals surface area contributed by atoms with Crippen molar-refractivity contribution in [3.63, 3.8) is 0 Å². The van der Waals surface area contributed by atoms with Crippen molar-refractivity contribution >= 4 is 22.9 Å². The number of rotatable bonds is 6. The third kappa shape index (κ3) is 5.40. The van der Waals surface area contributed by atoms with Crippen LogP contribution in [0.4, 0.5) is 0 Å². The Bertz CT molecular complexity index is 466. The van der Waals surface area contributed by atoms with Crippen LogP contribution in [0.25, 0.3) is 0 Å². The van der Waals surface area contributed by atoms with Gasteiger partial charge < -0.3 is 9.13 Å². The zero-order valence-electron chi connectivity index (χ0n) is 11.4. The molecule has 0 heterocycles. The largest absolute Gasteiger partial charge is 0.323 e. The Morgan fingerprint density at radius 1 is 0.944 bits per heavy atom. The maximum atomic E-state index is 12.4. The lowest BCUT2D eigenvalue weighted by molar-refractivity contribution is 0.575. The number of benzene rings is 1. The molecule has 0 radical (unpaired) electrons. The topological polar surface area (TPSA) is 34.1 Å². The van der Waals surface area contributed by atoms with Crippen LogP contribution in [0.5, 0.6) is 0 Å². The Morgan fingerprint density at radius 2 is 1.33 bits per heavy atom. The molecule has 0 fully saturated rings. The molecule has 0 aliphatic heterocycles. The summed E-state index contributed by atoms with van der Waals surface area (Å²) in [6.07, 6.45) is 2.82. The zero-order valence-corrected chi connectivity index (χ0v) is 14.4. The minimum atomic E-state index is -2.09. The molecule has 102 valence electrons. The molecule has 0 amide bonds. The van der Waals surface area contributed by atoms with Crippen LogP contribution in [-0.4, -0.2) is 19.0 Å². The summed E-state index contributed by atoms with van der Waals surface area (Å²) in [6.45, 7) is 3.68. The number of hydrogen-bond donors (Lipinski definition) is 0. The molecule has 2 nitrogen and oxygen atoms in total. The summed E-state index contributed by atoms with van der Waals surface area (Å²) in [7, 11) is 0.416. The van der Waals surface area contributed by atoms with Crippen LogP contribution in [0.3, 0.4) is 0 Å². The van der Waals surface area contributed by atoms with Crippen LogP contribution in [0, 0.1) is 0 Å². The third-order valence-electron chi connectivity index (χ3n) is 3.14. The minimum absolute atomic E-state index is 0.608. The molecule has 0 spiro atoms. The summed E-state index contributed by atoms with van der Waals surface area (Å²) < 4.78 is 24.1. The molecule has 0 aliphatic carbocycles. The smallest absolute Gasteiger partial charge is 0.103 e. The van der Waals surface area contributed by atoms with Gasteiger partial charge in [-0.3, -0.25) is 0 Å². The van der Waals surface area contributed by atoms with Gasteiger partial charge in [0.2, 0.25) is 0 Å². The van der Waals surface area contributed by atoms with Gasteiger partial charge in [0.15, 0.2) is 0 Å². The summed E-state index contributed by atoms with van der Waals surface area (Å²) >= 11 is 0. The van der Waals surface area contributed by atoms with Gasteiger partial charge >= 0.3 is 0 Å². The van der Waals surface area contributed by atoms with Gasteiger partial charge in [-0.2, -0.15) is 0 Å². The van der Waals surface area contributed by atoms with E-state index in [0.717, 1.165) is 23.5 Å². The highest BCUT2D eigenvalue weighted by Gasteiger charge is 2.17. The molecule has 1 aromatic carbocycles. The fourth-order valence-electron chi connectivity index (χ4n) is 1.89. The van der Waals surface area contributed by atoms with E-state index in [1.54, 1.807) is 6.66 Å². The van der Waals surface area contributed by atoms with E-state index < -0.39 is 14.0 Å². The fourth-order valence-corrected chi connectivity index (χ4v) is 5.23. The third-order valence-corrected chi connectivity index (χ3v) is 7.93. The molecular weight excluding hydrogens is 281 g/mol. The summed E-state index contributed by atoms with van der Waals surface area (Å²) in [5.74, 6) is 0. The maximum absolute atomic E-state index is 12.4. The van der Waals surface area contributed by atoms with Gasteiger partial charge in [0, 0.05) is 12.3 Å². The van der Waals surface area contributed by atoms with Crippen molar-refractivity contribution in [2.45, 2.75) is 26.2 Å². The molecule has 0 bridgehead atoms. The van der Waals surface area contributed by atoms with E-state index in [-0.39, 0.29) is 0 Å². The van der Waals surface area contributed by atoms with Gasteiger partial charge in [-0.1, -0.05) is 47.0 Å². The summed E-state index contributed by atoms with van der Waals surface area (Å²) in [5, 5.41) is 0. The predicted octanol–water partition coefficient (Wildman–Crippen LogP) is 4.87. The fraction of sp³-hybridized carbons (Fsp3) is 0.538. The Balaban J connectivity index is 2.78. The van der Waals surface area contributed by atoms with E-state index >= 15 is 0 Å². The quantitative estimate of drug-likeness (QED) is 0.702. The van der Waals surface area contributed by atoms with E-state index in [2.05, 4.69) is 8.93 Å². The minimum Gasteiger partial charge on any atom is -0.323 e. The van der Waals surface area contributed by atoms with E-state index in [4.69, 9.17) is 0 Å². The molecule has 1 aromatic rings. The van der Waals surface area contributed by atoms with Crippen molar-refractivity contribution < 1.29 is 9.13 Å². The second-order valence-corrected chi connectivity index (χ2v) is 14.6. The molecular formula is C13H23O2P3. The molecule has 0 aliphatic rings. The second-order valence-electron chi connectivity index (χ2n) is 5.00. The number of hydrogen-bond acceptors (Lipinski definition) is 2. The van der Waals surface area contributed by atoms with Crippen LogP contribution in [0.15, 0.2) is 24.3 Å². The van der Waals surface area contributed by atoms with Crippen molar-refractivity contribution in [2.24, 2.45) is 0 Å². The highest BCUT2D eigenvalue weighted by atomic mass is 32.0. The van der Waals surface area contributed by atoms with Crippen LogP contribution in [0.2, 0.25) is 0 Å². The molecule has 18 heavy (non-hydrogen) atoms. The van der Waals surface area contributed by atoms with E-state index in [1.807, 2.05) is 38.1 Å². The van der Waals surface area contributed by atoms with Gasteiger partial charge in [-0.25, -0.2) is 0 Å². The van der Waals surface area contributed by atoms with Crippen molar-refractivity contribution in [1.29, 1.82) is 0 Å². The summed E-state index contributed by atoms with van der Waals surface area (Å²) in [6, 6.07) is 8.05. The van der Waals surface area contributed by atoms with Crippen LogP contribution in [0.1, 0.15) is 25.0 Å². The lowest BCUT2D eigenvalue weighted by atomic mass is 10.2. The van der Waals surface area contributed by atoms with E-state index in [9.17, 15) is 9.13 Å². The monoisotopic (exact) mass is 304 g/mol. The normalized spacial score (nSPS) is 15.3. The van der Waals surface area contributed by atoms with Gasteiger partial charge in [0.05, 0.1) is 7.14 Å². The van der Waals surface area contributed by atoms with Crippen molar-refractivity contribution in [1.82, 2.24) is 0 Å². The van der Waals surface area contributed by atoms with E-state index in [1.165, 1.54) is 0 Å². The van der Waals surface area contributed by atoms with Crippen molar-refractivity contribution in [2.75, 3.05) is 19.0 Å². The van der Waals surface area contributed by atoms with Crippen LogP contribution < -0.4 is 0 Å². The first-order valence-corrected chi connectivity index (χ1v) is 12.5. The van der Waals surface area contributed by atoms with Crippen LogP contribution in [-0.2, 0) is 21.5 Å². The lowest BCUT2D eigenvalue weighted by Crippen LogP contribution is -1.95. The predicted molar refractivity (Wildman–Crippen MR) is 85.8 cm³/mol. The molecule has 0 saturated heterocycles. The SMILES string of the molecule is CCP(=O)(CC)Cc1ccc(CP(C)(=O)P)cc1. The Morgan fingerprint density at radius 3 is 1.67 bits per heavy atom. The van der Waals surface area contributed by atoms with Crippen molar-refractivity contribution in [3.05, 3.63) is 35.4 Å². The van der Waals surface area contributed by atoms with Gasteiger partial charge in [0.25, 0.3) is 0 Å². The molecule has 1 rings (SSSR count). The van der Waals surface area contributed by atoms with Crippen molar-refractivity contribution in [3.8, 4) is 0 Å². The zero-order chi connectivity index (χ0) is 13.8. The highest BCUT2D eigenvalue weighted by molar-refractivity contribution is 8.16. The maximum Gasteiger partial charge on any atom is 0.103 e. The first-order valence-electron chi connectivity index (χ1n) is 6.28. The van der Waals surface area contributed by atoms with E-state index in [0.29, 0.717) is 12.3 Å². The lowest BCUT2D eigenvalue weighted by Gasteiger charge is -2.14. The summed E-state index contributed by atoms with van der Waals surface area (Å²) in [5.41, 5.74) is 2.21. The molecule has 5 heteroatoms. The van der Waals surface area contributed by atoms with Gasteiger partial charge in [0.1, 0.15) is 6.83 Å². The van der Waals surface area contributed by atoms with Gasteiger partial charge in [-0.15, -0.1) is 0 Å². The molecule has 0 saturated carbocycles. The molecule has 0 N–H and O–H groups in total. The standard InChI is InChI=1S/C13H23O2P3/c1-4-18(15,5-2)11-13-8-6-12(7-9-13)10-17(3,14)16/h6-9H,4-5,10-11,16H2,1-3H3. The average Bonchev–Trinajstić information content (AvgIpc) is 2.30. The Labute approximate surface area is 113 Å². The molecule has 2 unspecified atom stereocenters. The Hall–Kier alpha value is 0.110. The second kappa shape index (κ2) is 6.51. The Kier molecular flexibility index (Phi) is 5.85.